The third kappa shape index (κ3) is 4.04. The predicted octanol–water partition coefficient (Wildman–Crippen LogP) is 7.65. The summed E-state index contributed by atoms with van der Waals surface area (Å²) in [6.45, 7) is 2.13. The molecule has 0 saturated heterocycles. The SMILES string of the molecule is CCCc1ccc2c(ccc3cc(-c4ccc(OC(F)(F)F)cc4)c(F)cc32)c1. The van der Waals surface area contributed by atoms with Gasteiger partial charge in [0.25, 0.3) is 0 Å². The molecule has 0 aliphatic rings. The number of alkyl halides is 3. The molecule has 5 heteroatoms. The number of hydrogen-bond donors (Lipinski definition) is 0. The monoisotopic (exact) mass is 398 g/mol. The highest BCUT2D eigenvalue weighted by Crippen LogP contribution is 2.33. The summed E-state index contributed by atoms with van der Waals surface area (Å²) in [5.74, 6) is -0.761. The van der Waals surface area contributed by atoms with Crippen LogP contribution in [0.2, 0.25) is 0 Å². The second-order valence-corrected chi connectivity index (χ2v) is 7.00. The molecule has 1 nitrogen and oxygen atoms in total. The van der Waals surface area contributed by atoms with Crippen LogP contribution in [0.3, 0.4) is 0 Å². The predicted molar refractivity (Wildman–Crippen MR) is 108 cm³/mol. The highest BCUT2D eigenvalue weighted by molar-refractivity contribution is 6.08. The highest BCUT2D eigenvalue weighted by Gasteiger charge is 2.31. The summed E-state index contributed by atoms with van der Waals surface area (Å²) >= 11 is 0. The minimum absolute atomic E-state index is 0.331. The molecular formula is C24H18F4O. The summed E-state index contributed by atoms with van der Waals surface area (Å²) in [6, 6.07) is 18.6. The quantitative estimate of drug-likeness (QED) is 0.253. The molecule has 0 saturated carbocycles. The lowest BCUT2D eigenvalue weighted by Gasteiger charge is -2.11. The summed E-state index contributed by atoms with van der Waals surface area (Å²) < 4.78 is 55.7. The third-order valence-electron chi connectivity index (χ3n) is 4.93. The Morgan fingerprint density at radius 3 is 2.14 bits per heavy atom. The fraction of sp³-hybridized carbons (Fsp3) is 0.167. The number of rotatable bonds is 4. The van der Waals surface area contributed by atoms with Crippen LogP contribution in [0.25, 0.3) is 32.7 Å². The van der Waals surface area contributed by atoms with Crippen molar-refractivity contribution in [2.75, 3.05) is 0 Å². The van der Waals surface area contributed by atoms with E-state index in [0.717, 1.165) is 34.4 Å². The molecule has 0 N–H and O–H groups in total. The molecule has 0 aliphatic carbocycles. The van der Waals surface area contributed by atoms with Gasteiger partial charge in [-0.25, -0.2) is 4.39 Å². The lowest BCUT2D eigenvalue weighted by molar-refractivity contribution is -0.274. The topological polar surface area (TPSA) is 9.23 Å². The van der Waals surface area contributed by atoms with Crippen molar-refractivity contribution in [3.8, 4) is 16.9 Å². The lowest BCUT2D eigenvalue weighted by atomic mass is 9.95. The molecule has 4 aromatic rings. The van der Waals surface area contributed by atoms with Gasteiger partial charge in [-0.2, -0.15) is 0 Å². The van der Waals surface area contributed by atoms with Crippen LogP contribution >= 0.6 is 0 Å². The smallest absolute Gasteiger partial charge is 0.406 e. The number of benzene rings is 4. The third-order valence-corrected chi connectivity index (χ3v) is 4.93. The lowest BCUT2D eigenvalue weighted by Crippen LogP contribution is -2.16. The molecule has 29 heavy (non-hydrogen) atoms. The fourth-order valence-electron chi connectivity index (χ4n) is 3.64. The largest absolute Gasteiger partial charge is 0.573 e. The summed E-state index contributed by atoms with van der Waals surface area (Å²) in [5.41, 5.74) is 2.06. The van der Waals surface area contributed by atoms with Gasteiger partial charge in [0.05, 0.1) is 0 Å². The molecule has 0 amide bonds. The average molecular weight is 398 g/mol. The van der Waals surface area contributed by atoms with E-state index in [9.17, 15) is 17.6 Å². The van der Waals surface area contributed by atoms with Crippen molar-refractivity contribution in [3.63, 3.8) is 0 Å². The first-order valence-electron chi connectivity index (χ1n) is 9.35. The van der Waals surface area contributed by atoms with Crippen LogP contribution in [0.5, 0.6) is 5.75 Å². The number of hydrogen-bond acceptors (Lipinski definition) is 1. The van der Waals surface area contributed by atoms with Crippen molar-refractivity contribution in [1.29, 1.82) is 0 Å². The van der Waals surface area contributed by atoms with Gasteiger partial charge in [0.1, 0.15) is 11.6 Å². The van der Waals surface area contributed by atoms with E-state index in [1.54, 1.807) is 6.07 Å². The van der Waals surface area contributed by atoms with E-state index in [-0.39, 0.29) is 5.75 Å². The summed E-state index contributed by atoms with van der Waals surface area (Å²) in [4.78, 5) is 0. The zero-order chi connectivity index (χ0) is 20.6. The Hall–Kier alpha value is -3.08. The molecular weight excluding hydrogens is 380 g/mol. The first-order valence-corrected chi connectivity index (χ1v) is 9.35. The van der Waals surface area contributed by atoms with Gasteiger partial charge < -0.3 is 4.74 Å². The van der Waals surface area contributed by atoms with Gasteiger partial charge in [-0.1, -0.05) is 55.8 Å². The van der Waals surface area contributed by atoms with E-state index in [1.807, 2.05) is 18.2 Å². The van der Waals surface area contributed by atoms with E-state index in [4.69, 9.17) is 0 Å². The molecule has 4 aromatic carbocycles. The van der Waals surface area contributed by atoms with Crippen LogP contribution in [0.15, 0.2) is 66.7 Å². The van der Waals surface area contributed by atoms with E-state index >= 15 is 0 Å². The minimum atomic E-state index is -4.76. The van der Waals surface area contributed by atoms with E-state index in [1.165, 1.54) is 35.9 Å². The molecule has 0 aliphatic heterocycles. The molecule has 0 atom stereocenters. The van der Waals surface area contributed by atoms with Gasteiger partial charge in [-0.15, -0.1) is 13.2 Å². The first-order chi connectivity index (χ1) is 13.8. The average Bonchev–Trinajstić information content (AvgIpc) is 2.67. The molecule has 0 bridgehead atoms. The zero-order valence-electron chi connectivity index (χ0n) is 15.7. The normalized spacial score (nSPS) is 11.9. The van der Waals surface area contributed by atoms with Crippen LogP contribution < -0.4 is 4.74 Å². The van der Waals surface area contributed by atoms with Gasteiger partial charge >= 0.3 is 6.36 Å². The Bertz CT molecular complexity index is 1180. The van der Waals surface area contributed by atoms with Crippen molar-refractivity contribution < 1.29 is 22.3 Å². The Morgan fingerprint density at radius 1 is 0.793 bits per heavy atom. The van der Waals surface area contributed by atoms with E-state index in [0.29, 0.717) is 11.1 Å². The minimum Gasteiger partial charge on any atom is -0.406 e. The highest BCUT2D eigenvalue weighted by atomic mass is 19.4. The van der Waals surface area contributed by atoms with Gasteiger partial charge in [-0.3, -0.25) is 0 Å². The molecule has 148 valence electrons. The van der Waals surface area contributed by atoms with Crippen molar-refractivity contribution in [3.05, 3.63) is 78.1 Å². The van der Waals surface area contributed by atoms with Gasteiger partial charge in [-0.05, 0) is 63.4 Å². The molecule has 0 unspecified atom stereocenters. The van der Waals surface area contributed by atoms with Crippen molar-refractivity contribution in [2.24, 2.45) is 0 Å². The van der Waals surface area contributed by atoms with Crippen molar-refractivity contribution in [1.82, 2.24) is 0 Å². The van der Waals surface area contributed by atoms with Gasteiger partial charge in [0.15, 0.2) is 0 Å². The number of halogens is 4. The van der Waals surface area contributed by atoms with Crippen molar-refractivity contribution >= 4 is 21.5 Å². The molecule has 0 spiro atoms. The molecule has 4 rings (SSSR count). The maximum atomic E-state index is 14.9. The van der Waals surface area contributed by atoms with Crippen LogP contribution in [-0.4, -0.2) is 6.36 Å². The Kier molecular flexibility index (Phi) is 4.91. The first kappa shape index (κ1) is 19.2. The number of aryl methyl sites for hydroxylation is 1. The molecule has 0 radical (unpaired) electrons. The maximum Gasteiger partial charge on any atom is 0.573 e. The van der Waals surface area contributed by atoms with Crippen LogP contribution in [-0.2, 0) is 6.42 Å². The Labute approximate surface area is 165 Å². The maximum absolute atomic E-state index is 14.9. The van der Waals surface area contributed by atoms with Crippen LogP contribution in [0.4, 0.5) is 17.6 Å². The molecule has 0 aromatic heterocycles. The zero-order valence-corrected chi connectivity index (χ0v) is 15.7. The standard InChI is InChI=1S/C24H18F4O/c1-2-3-15-4-11-20-17(12-15)5-6-18-13-22(23(25)14-21(18)20)16-7-9-19(10-8-16)29-24(26,27)28/h4-14H,2-3H2,1H3. The van der Waals surface area contributed by atoms with E-state index in [2.05, 4.69) is 23.8 Å². The summed E-state index contributed by atoms with van der Waals surface area (Å²) in [7, 11) is 0. The molecule has 0 fully saturated rings. The van der Waals surface area contributed by atoms with E-state index < -0.39 is 12.2 Å². The second kappa shape index (κ2) is 7.39. The second-order valence-electron chi connectivity index (χ2n) is 7.00. The summed E-state index contributed by atoms with van der Waals surface area (Å²) in [5, 5.41) is 3.71. The Balaban J connectivity index is 1.75. The number of ether oxygens (including phenoxy) is 1. The van der Waals surface area contributed by atoms with Gasteiger partial charge in [0, 0.05) is 5.56 Å². The van der Waals surface area contributed by atoms with Gasteiger partial charge in [0.2, 0.25) is 0 Å². The van der Waals surface area contributed by atoms with Crippen LogP contribution in [0, 0.1) is 5.82 Å². The molecule has 0 heterocycles. The summed E-state index contributed by atoms with van der Waals surface area (Å²) in [6.07, 6.45) is -2.70. The number of fused-ring (bicyclic) bond motifs is 3. The fourth-order valence-corrected chi connectivity index (χ4v) is 3.64. The Morgan fingerprint density at radius 2 is 1.48 bits per heavy atom. The van der Waals surface area contributed by atoms with Crippen molar-refractivity contribution in [2.45, 2.75) is 26.1 Å². The van der Waals surface area contributed by atoms with Crippen LogP contribution in [0.1, 0.15) is 18.9 Å².